The van der Waals surface area contributed by atoms with Gasteiger partial charge in [-0.25, -0.2) is 4.98 Å². The Morgan fingerprint density at radius 3 is 2.68 bits per heavy atom. The molecule has 4 heteroatoms. The molecule has 0 aliphatic carbocycles. The van der Waals surface area contributed by atoms with Gasteiger partial charge in [-0.15, -0.1) is 0 Å². The van der Waals surface area contributed by atoms with Crippen molar-refractivity contribution in [3.8, 4) is 5.75 Å². The highest BCUT2D eigenvalue weighted by Crippen LogP contribution is 2.21. The van der Waals surface area contributed by atoms with Crippen molar-refractivity contribution in [2.75, 3.05) is 12.4 Å². The fourth-order valence-electron chi connectivity index (χ4n) is 3.05. The van der Waals surface area contributed by atoms with Crippen molar-refractivity contribution in [3.63, 3.8) is 0 Å². The van der Waals surface area contributed by atoms with Crippen molar-refractivity contribution >= 4 is 28.9 Å². The zero-order valence-electron chi connectivity index (χ0n) is 15.7. The summed E-state index contributed by atoms with van der Waals surface area (Å²) < 4.78 is 5.40. The Bertz CT molecular complexity index is 1110. The Balaban J connectivity index is 1.49. The lowest BCUT2D eigenvalue weighted by Gasteiger charge is -2.10. The summed E-state index contributed by atoms with van der Waals surface area (Å²) in [5.74, 6) is 1.72. The number of hydrogen-bond donors (Lipinski definition) is 1. The van der Waals surface area contributed by atoms with E-state index in [0.29, 0.717) is 6.54 Å². The van der Waals surface area contributed by atoms with Crippen molar-refractivity contribution in [1.29, 1.82) is 0 Å². The molecule has 4 rings (SSSR count). The number of methoxy groups -OCH3 is 1. The third kappa shape index (κ3) is 4.18. The van der Waals surface area contributed by atoms with Gasteiger partial charge in [0, 0.05) is 29.9 Å². The molecule has 0 aliphatic heterocycles. The first-order valence-electron chi connectivity index (χ1n) is 9.16. The van der Waals surface area contributed by atoms with Crippen LogP contribution >= 0.6 is 0 Å². The van der Waals surface area contributed by atoms with E-state index in [0.717, 1.165) is 39.2 Å². The van der Waals surface area contributed by atoms with Gasteiger partial charge in [0.2, 0.25) is 0 Å². The molecule has 0 spiro atoms. The number of para-hydroxylation sites is 1. The minimum atomic E-state index is 0.661. The van der Waals surface area contributed by atoms with Gasteiger partial charge in [0.25, 0.3) is 0 Å². The quantitative estimate of drug-likeness (QED) is 0.494. The van der Waals surface area contributed by atoms with Crippen LogP contribution in [0.5, 0.6) is 5.75 Å². The monoisotopic (exact) mass is 367 g/mol. The summed E-state index contributed by atoms with van der Waals surface area (Å²) in [6, 6.07) is 22.3. The standard InChI is InChI=1S/C24H21N3O/c1-28-23-7-3-2-6-21(23)17-26-24-13-11-20-15-18(10-12-22(20)27-24)8-9-19-5-4-14-25-16-19/h2-16H,17H2,1H3,(H,26,27). The number of nitrogens with one attached hydrogen (secondary N) is 1. The number of ether oxygens (including phenoxy) is 1. The number of benzene rings is 2. The van der Waals surface area contributed by atoms with Gasteiger partial charge in [0.1, 0.15) is 11.6 Å². The van der Waals surface area contributed by atoms with E-state index in [1.807, 2.05) is 54.7 Å². The zero-order chi connectivity index (χ0) is 19.2. The second-order valence-electron chi connectivity index (χ2n) is 6.43. The summed E-state index contributed by atoms with van der Waals surface area (Å²) in [6.45, 7) is 0.661. The average molecular weight is 367 g/mol. The molecule has 2 aromatic carbocycles. The van der Waals surface area contributed by atoms with Crippen LogP contribution < -0.4 is 10.1 Å². The number of pyridine rings is 2. The number of anilines is 1. The van der Waals surface area contributed by atoms with E-state index in [2.05, 4.69) is 40.7 Å². The molecular formula is C24H21N3O. The molecule has 1 N–H and O–H groups in total. The lowest BCUT2D eigenvalue weighted by molar-refractivity contribution is 0.410. The van der Waals surface area contributed by atoms with Crippen LogP contribution in [0, 0.1) is 0 Å². The van der Waals surface area contributed by atoms with E-state index in [1.165, 1.54) is 0 Å². The summed E-state index contributed by atoms with van der Waals surface area (Å²) in [7, 11) is 1.69. The van der Waals surface area contributed by atoms with Crippen LogP contribution in [0.15, 0.2) is 79.1 Å². The number of fused-ring (bicyclic) bond motifs is 1. The molecule has 4 nitrogen and oxygen atoms in total. The smallest absolute Gasteiger partial charge is 0.126 e. The molecule has 4 aromatic rings. The predicted octanol–water partition coefficient (Wildman–Crippen LogP) is 5.42. The first-order chi connectivity index (χ1) is 13.8. The fraction of sp³-hybridized carbons (Fsp3) is 0.0833. The molecule has 2 heterocycles. The van der Waals surface area contributed by atoms with E-state index >= 15 is 0 Å². The molecule has 28 heavy (non-hydrogen) atoms. The number of aromatic nitrogens is 2. The Hall–Kier alpha value is -3.66. The normalized spacial score (nSPS) is 11.0. The van der Waals surface area contributed by atoms with Crippen LogP contribution in [0.3, 0.4) is 0 Å². The fourth-order valence-corrected chi connectivity index (χ4v) is 3.05. The lowest BCUT2D eigenvalue weighted by atomic mass is 10.1. The number of rotatable bonds is 6. The maximum atomic E-state index is 5.40. The first-order valence-corrected chi connectivity index (χ1v) is 9.16. The maximum Gasteiger partial charge on any atom is 0.126 e. The van der Waals surface area contributed by atoms with Crippen LogP contribution in [-0.2, 0) is 6.54 Å². The summed E-state index contributed by atoms with van der Waals surface area (Å²) in [5.41, 5.74) is 4.27. The van der Waals surface area contributed by atoms with E-state index in [9.17, 15) is 0 Å². The molecule has 0 radical (unpaired) electrons. The SMILES string of the molecule is COc1ccccc1CNc1ccc2cc(C=Cc3cccnc3)ccc2n1. The predicted molar refractivity (Wildman–Crippen MR) is 115 cm³/mol. The topological polar surface area (TPSA) is 47.0 Å². The van der Waals surface area contributed by atoms with E-state index in [1.54, 1.807) is 13.3 Å². The van der Waals surface area contributed by atoms with Gasteiger partial charge in [0.05, 0.1) is 12.6 Å². The van der Waals surface area contributed by atoms with Gasteiger partial charge in [-0.1, -0.05) is 42.5 Å². The van der Waals surface area contributed by atoms with Gasteiger partial charge in [-0.2, -0.15) is 0 Å². The second-order valence-corrected chi connectivity index (χ2v) is 6.43. The number of hydrogen-bond acceptors (Lipinski definition) is 4. The second kappa shape index (κ2) is 8.35. The van der Waals surface area contributed by atoms with Crippen molar-refractivity contribution < 1.29 is 4.74 Å². The van der Waals surface area contributed by atoms with Crippen molar-refractivity contribution in [2.24, 2.45) is 0 Å². The van der Waals surface area contributed by atoms with Crippen molar-refractivity contribution in [3.05, 3.63) is 95.8 Å². The number of nitrogens with zero attached hydrogens (tertiary/aromatic N) is 2. The molecule has 0 amide bonds. The minimum absolute atomic E-state index is 0.661. The van der Waals surface area contributed by atoms with Gasteiger partial charge in [-0.3, -0.25) is 4.98 Å². The molecule has 0 fully saturated rings. The molecule has 0 bridgehead atoms. The molecule has 0 atom stereocenters. The van der Waals surface area contributed by atoms with Crippen molar-refractivity contribution in [2.45, 2.75) is 6.54 Å². The van der Waals surface area contributed by atoms with Crippen LogP contribution in [0.25, 0.3) is 23.1 Å². The maximum absolute atomic E-state index is 5.40. The highest BCUT2D eigenvalue weighted by Gasteiger charge is 2.03. The van der Waals surface area contributed by atoms with Crippen molar-refractivity contribution in [1.82, 2.24) is 9.97 Å². The van der Waals surface area contributed by atoms with E-state index in [-0.39, 0.29) is 0 Å². The molecule has 0 unspecified atom stereocenters. The highest BCUT2D eigenvalue weighted by molar-refractivity contribution is 5.84. The lowest BCUT2D eigenvalue weighted by Crippen LogP contribution is -2.03. The van der Waals surface area contributed by atoms with Gasteiger partial charge >= 0.3 is 0 Å². The molecule has 0 aliphatic rings. The Kier molecular flexibility index (Phi) is 5.29. The summed E-state index contributed by atoms with van der Waals surface area (Å²) >= 11 is 0. The van der Waals surface area contributed by atoms with Crippen LogP contribution in [0.2, 0.25) is 0 Å². The molecule has 0 saturated heterocycles. The minimum Gasteiger partial charge on any atom is -0.496 e. The van der Waals surface area contributed by atoms with Crippen LogP contribution in [-0.4, -0.2) is 17.1 Å². The van der Waals surface area contributed by atoms with E-state index in [4.69, 9.17) is 9.72 Å². The summed E-state index contributed by atoms with van der Waals surface area (Å²) in [6.07, 6.45) is 7.77. The van der Waals surface area contributed by atoms with Gasteiger partial charge in [0.15, 0.2) is 0 Å². The van der Waals surface area contributed by atoms with Crippen LogP contribution in [0.4, 0.5) is 5.82 Å². The molecular weight excluding hydrogens is 346 g/mol. The summed E-state index contributed by atoms with van der Waals surface area (Å²) in [5, 5.41) is 4.48. The molecule has 0 saturated carbocycles. The third-order valence-corrected chi connectivity index (χ3v) is 4.52. The van der Waals surface area contributed by atoms with E-state index < -0.39 is 0 Å². The van der Waals surface area contributed by atoms with Crippen LogP contribution in [0.1, 0.15) is 16.7 Å². The third-order valence-electron chi connectivity index (χ3n) is 4.52. The molecule has 138 valence electrons. The Morgan fingerprint density at radius 1 is 0.929 bits per heavy atom. The molecule has 2 aromatic heterocycles. The highest BCUT2D eigenvalue weighted by atomic mass is 16.5. The summed E-state index contributed by atoms with van der Waals surface area (Å²) in [4.78, 5) is 8.85. The Labute approximate surface area is 164 Å². The average Bonchev–Trinajstić information content (AvgIpc) is 2.77. The zero-order valence-corrected chi connectivity index (χ0v) is 15.7. The van der Waals surface area contributed by atoms with Gasteiger partial charge in [-0.05, 0) is 47.5 Å². The first kappa shape index (κ1) is 17.7. The van der Waals surface area contributed by atoms with Gasteiger partial charge < -0.3 is 10.1 Å². The largest absolute Gasteiger partial charge is 0.496 e. The Morgan fingerprint density at radius 2 is 1.82 bits per heavy atom.